The zero-order valence-corrected chi connectivity index (χ0v) is 19.2. The highest BCUT2D eigenvalue weighted by atomic mass is 32.2. The van der Waals surface area contributed by atoms with Gasteiger partial charge in [0.25, 0.3) is 5.91 Å². The van der Waals surface area contributed by atoms with Crippen LogP contribution in [0.4, 0.5) is 0 Å². The van der Waals surface area contributed by atoms with Gasteiger partial charge in [-0.05, 0) is 62.6 Å². The van der Waals surface area contributed by atoms with E-state index in [0.717, 1.165) is 30.5 Å². The lowest BCUT2D eigenvalue weighted by molar-refractivity contribution is -0.896. The first-order valence-electron chi connectivity index (χ1n) is 11.6. The quantitative estimate of drug-likeness (QED) is 0.779. The van der Waals surface area contributed by atoms with Gasteiger partial charge in [-0.2, -0.15) is 4.31 Å². The number of sulfonamides is 1. The molecule has 0 bridgehead atoms. The lowest BCUT2D eigenvalue weighted by Gasteiger charge is -2.44. The fourth-order valence-electron chi connectivity index (χ4n) is 5.59. The van der Waals surface area contributed by atoms with Crippen molar-refractivity contribution >= 4 is 15.9 Å². The molecule has 3 aliphatic rings. The number of hydrogen-bond donors (Lipinski definition) is 1. The fraction of sp³-hybridized carbons (Fsp3) is 0.696. The van der Waals surface area contributed by atoms with E-state index in [2.05, 4.69) is 4.90 Å². The van der Waals surface area contributed by atoms with E-state index in [1.54, 1.807) is 10.4 Å². The summed E-state index contributed by atoms with van der Waals surface area (Å²) >= 11 is 0. The molecule has 1 amide bonds. The van der Waals surface area contributed by atoms with Crippen molar-refractivity contribution in [3.8, 4) is 0 Å². The molecule has 2 heterocycles. The maximum absolute atomic E-state index is 13.1. The van der Waals surface area contributed by atoms with Gasteiger partial charge >= 0.3 is 0 Å². The Labute approximate surface area is 181 Å². The molecule has 3 fully saturated rings. The highest BCUT2D eigenvalue weighted by Crippen LogP contribution is 2.35. The van der Waals surface area contributed by atoms with Crippen LogP contribution in [0.1, 0.15) is 49.7 Å². The second-order valence-corrected chi connectivity index (χ2v) is 11.3. The normalized spacial score (nSPS) is 26.4. The molecular formula is C23H36N3O3S+. The summed E-state index contributed by atoms with van der Waals surface area (Å²) in [7, 11) is -3.48. The minimum Gasteiger partial charge on any atom is -0.335 e. The van der Waals surface area contributed by atoms with Crippen LogP contribution in [-0.2, 0) is 14.8 Å². The Morgan fingerprint density at radius 3 is 2.50 bits per heavy atom. The van der Waals surface area contributed by atoms with Gasteiger partial charge in [-0.15, -0.1) is 0 Å². The predicted molar refractivity (Wildman–Crippen MR) is 117 cm³/mol. The van der Waals surface area contributed by atoms with Crippen molar-refractivity contribution < 1.29 is 18.1 Å². The van der Waals surface area contributed by atoms with E-state index < -0.39 is 10.0 Å². The Morgan fingerprint density at radius 1 is 1.03 bits per heavy atom. The van der Waals surface area contributed by atoms with E-state index >= 15 is 0 Å². The summed E-state index contributed by atoms with van der Waals surface area (Å²) in [5, 5.41) is 0. The van der Waals surface area contributed by atoms with Gasteiger partial charge in [0, 0.05) is 12.6 Å². The van der Waals surface area contributed by atoms with E-state index in [0.29, 0.717) is 49.6 Å². The molecule has 1 aromatic rings. The number of piperidine rings is 1. The van der Waals surface area contributed by atoms with Crippen LogP contribution in [0.3, 0.4) is 0 Å². The van der Waals surface area contributed by atoms with Gasteiger partial charge in [0.1, 0.15) is 0 Å². The van der Waals surface area contributed by atoms with Crippen molar-refractivity contribution in [1.82, 2.24) is 9.21 Å². The number of carbonyl (C=O) groups is 1. The van der Waals surface area contributed by atoms with Crippen LogP contribution < -0.4 is 4.90 Å². The number of rotatable bonds is 4. The first-order chi connectivity index (χ1) is 14.4. The van der Waals surface area contributed by atoms with Crippen molar-refractivity contribution in [2.24, 2.45) is 5.92 Å². The number of quaternary nitrogens is 1. The van der Waals surface area contributed by atoms with Crippen molar-refractivity contribution in [1.29, 1.82) is 0 Å². The van der Waals surface area contributed by atoms with Crippen LogP contribution in [0.15, 0.2) is 23.1 Å². The number of likely N-dealkylation sites (tertiary alicyclic amines) is 1. The molecule has 2 saturated heterocycles. The van der Waals surface area contributed by atoms with Gasteiger partial charge in [-0.1, -0.05) is 25.0 Å². The molecule has 166 valence electrons. The summed E-state index contributed by atoms with van der Waals surface area (Å²) in [6, 6.07) is 6.04. The Morgan fingerprint density at radius 2 is 1.73 bits per heavy atom. The zero-order valence-electron chi connectivity index (χ0n) is 18.4. The number of nitrogens with one attached hydrogen (secondary N) is 1. The van der Waals surface area contributed by atoms with Gasteiger partial charge in [0.15, 0.2) is 6.54 Å². The minimum absolute atomic E-state index is 0.271. The van der Waals surface area contributed by atoms with Crippen LogP contribution in [0.5, 0.6) is 0 Å². The molecule has 1 aliphatic carbocycles. The van der Waals surface area contributed by atoms with Crippen LogP contribution >= 0.6 is 0 Å². The molecule has 4 rings (SSSR count). The second kappa shape index (κ2) is 8.97. The number of hydrogen-bond acceptors (Lipinski definition) is 3. The number of carbonyl (C=O) groups excluding carboxylic acids is 1. The highest BCUT2D eigenvalue weighted by molar-refractivity contribution is 7.89. The van der Waals surface area contributed by atoms with E-state index in [-0.39, 0.29) is 5.91 Å². The third-order valence-corrected chi connectivity index (χ3v) is 9.40. The summed E-state index contributed by atoms with van der Waals surface area (Å²) in [4.78, 5) is 16.9. The van der Waals surface area contributed by atoms with E-state index in [1.165, 1.54) is 30.6 Å². The van der Waals surface area contributed by atoms with Crippen molar-refractivity contribution in [3.63, 3.8) is 0 Å². The van der Waals surface area contributed by atoms with Gasteiger partial charge in [-0.3, -0.25) is 4.79 Å². The smallest absolute Gasteiger partial charge is 0.278 e. The van der Waals surface area contributed by atoms with Crippen LogP contribution in [0, 0.1) is 19.8 Å². The first kappa shape index (κ1) is 21.8. The molecule has 1 N–H and O–H groups in total. The van der Waals surface area contributed by atoms with Gasteiger partial charge in [0.05, 0.1) is 31.1 Å². The molecule has 2 aliphatic heterocycles. The predicted octanol–water partition coefficient (Wildman–Crippen LogP) is 1.37. The summed E-state index contributed by atoms with van der Waals surface area (Å²) in [6.45, 7) is 7.51. The number of amides is 1. The second-order valence-electron chi connectivity index (χ2n) is 9.44. The van der Waals surface area contributed by atoms with E-state index in [9.17, 15) is 13.2 Å². The van der Waals surface area contributed by atoms with Crippen molar-refractivity contribution in [2.75, 3.05) is 39.3 Å². The molecule has 0 radical (unpaired) electrons. The number of nitrogens with zero attached hydrogens (tertiary/aromatic N) is 2. The third-order valence-electron chi connectivity index (χ3n) is 7.36. The summed E-state index contributed by atoms with van der Waals surface area (Å²) < 4.78 is 27.9. The molecule has 0 spiro atoms. The summed E-state index contributed by atoms with van der Waals surface area (Å²) in [5.41, 5.74) is 1.74. The molecule has 0 aromatic heterocycles. The molecule has 30 heavy (non-hydrogen) atoms. The van der Waals surface area contributed by atoms with Gasteiger partial charge < -0.3 is 9.80 Å². The lowest BCUT2D eigenvalue weighted by atomic mass is 9.78. The molecule has 6 nitrogen and oxygen atoms in total. The third kappa shape index (κ3) is 4.43. The van der Waals surface area contributed by atoms with E-state index in [1.807, 2.05) is 26.0 Å². The highest BCUT2D eigenvalue weighted by Gasteiger charge is 2.38. The molecule has 2 atom stereocenters. The monoisotopic (exact) mass is 434 g/mol. The number of piperazine rings is 1. The van der Waals surface area contributed by atoms with Crippen LogP contribution in [-0.4, -0.2) is 68.8 Å². The molecule has 0 unspecified atom stereocenters. The first-order valence-corrected chi connectivity index (χ1v) is 13.0. The van der Waals surface area contributed by atoms with Crippen LogP contribution in [0.25, 0.3) is 0 Å². The van der Waals surface area contributed by atoms with Gasteiger partial charge in [0.2, 0.25) is 10.0 Å². The Balaban J connectivity index is 1.35. The summed E-state index contributed by atoms with van der Waals surface area (Å²) in [6.07, 6.45) is 7.39. The number of fused-ring (bicyclic) bond motifs is 1. The average molecular weight is 435 g/mol. The molecule has 1 aromatic carbocycles. The zero-order chi connectivity index (χ0) is 21.3. The van der Waals surface area contributed by atoms with Crippen molar-refractivity contribution in [2.45, 2.75) is 63.3 Å². The largest absolute Gasteiger partial charge is 0.335 e. The summed E-state index contributed by atoms with van der Waals surface area (Å²) in [5.74, 6) is 0.971. The van der Waals surface area contributed by atoms with Crippen LogP contribution in [0.2, 0.25) is 0 Å². The average Bonchev–Trinajstić information content (AvgIpc) is 2.75. The van der Waals surface area contributed by atoms with Crippen molar-refractivity contribution in [3.05, 3.63) is 29.3 Å². The number of benzene rings is 1. The fourth-order valence-corrected chi connectivity index (χ4v) is 7.34. The Kier molecular flexibility index (Phi) is 6.51. The molecular weight excluding hydrogens is 398 g/mol. The standard InChI is InChI=1S/C23H35N3O3S/c1-18-9-10-19(2)22(16-18)30(28,29)25-14-12-24(13-15-25)17-23(27)26-11-5-7-20-6-3-4-8-21(20)26/h9-10,16,20-21H,3-8,11-15,17H2,1-2H3/p+1/t20-,21+/m1/s1. The lowest BCUT2D eigenvalue weighted by Crippen LogP contribution is -3.15. The minimum atomic E-state index is -3.48. The maximum Gasteiger partial charge on any atom is 0.278 e. The van der Waals surface area contributed by atoms with E-state index in [4.69, 9.17) is 0 Å². The molecule has 1 saturated carbocycles. The molecule has 7 heteroatoms. The maximum atomic E-state index is 13.1. The Bertz CT molecular complexity index is 876. The SMILES string of the molecule is Cc1ccc(C)c(S(=O)(=O)N2CC[NH+](CC(=O)N3CCC[C@H]4CCCC[C@@H]43)CC2)c1. The Hall–Kier alpha value is -1.44. The topological polar surface area (TPSA) is 62.1 Å². The van der Waals surface area contributed by atoms with Gasteiger partial charge in [-0.25, -0.2) is 8.42 Å². The number of aryl methyl sites for hydroxylation is 2.